The molecule has 1 aliphatic rings. The number of rotatable bonds is 8. The monoisotopic (exact) mass is 496 g/mol. The van der Waals surface area contributed by atoms with Gasteiger partial charge >= 0.3 is 5.97 Å². The first-order valence-corrected chi connectivity index (χ1v) is 12.7. The molecule has 0 aliphatic carbocycles. The standard InChI is InChI=1S/C31H29FN2O3/c32-27-13-10-21(11-14-27)25-16-17-34(20-25)31(37)24-12-15-28-26(19-24)18-23(8-4-5-9-29(35)36)30(33-28)22-6-2-1-3-7-22/h1-3,6-7,10-15,18-19,25H,4-5,8-9,16-17,20H2,(H,35,36)/t25-/m1/s1. The predicted octanol–water partition coefficient (Wildman–Crippen LogP) is 6.47. The Hall–Kier alpha value is -4.06. The van der Waals surface area contributed by atoms with Crippen molar-refractivity contribution in [1.29, 1.82) is 0 Å². The van der Waals surface area contributed by atoms with Gasteiger partial charge in [-0.05, 0) is 73.2 Å². The van der Waals surface area contributed by atoms with Crippen LogP contribution in [0.4, 0.5) is 4.39 Å². The molecule has 1 N–H and O–H groups in total. The summed E-state index contributed by atoms with van der Waals surface area (Å²) >= 11 is 0. The zero-order valence-electron chi connectivity index (χ0n) is 20.6. The number of benzene rings is 3. The molecule has 1 amide bonds. The Morgan fingerprint density at radius 3 is 2.51 bits per heavy atom. The topological polar surface area (TPSA) is 70.5 Å². The number of carbonyl (C=O) groups excluding carboxylic acids is 1. The summed E-state index contributed by atoms with van der Waals surface area (Å²) in [4.78, 5) is 31.1. The van der Waals surface area contributed by atoms with Crippen molar-refractivity contribution in [3.8, 4) is 11.3 Å². The number of aromatic nitrogens is 1. The lowest BCUT2D eigenvalue weighted by molar-refractivity contribution is -0.137. The van der Waals surface area contributed by atoms with Gasteiger partial charge in [-0.25, -0.2) is 9.37 Å². The number of pyridine rings is 1. The summed E-state index contributed by atoms with van der Waals surface area (Å²) in [6.45, 7) is 1.28. The van der Waals surface area contributed by atoms with E-state index < -0.39 is 5.97 Å². The van der Waals surface area contributed by atoms with Gasteiger partial charge in [-0.15, -0.1) is 0 Å². The van der Waals surface area contributed by atoms with Crippen LogP contribution >= 0.6 is 0 Å². The minimum absolute atomic E-state index is 0.0124. The highest BCUT2D eigenvalue weighted by atomic mass is 19.1. The first-order chi connectivity index (χ1) is 18.0. The van der Waals surface area contributed by atoms with Gasteiger partial charge in [0.05, 0.1) is 11.2 Å². The van der Waals surface area contributed by atoms with Crippen LogP contribution in [0.1, 0.15) is 53.1 Å². The van der Waals surface area contributed by atoms with Crippen LogP contribution in [0.3, 0.4) is 0 Å². The van der Waals surface area contributed by atoms with Gasteiger partial charge in [0, 0.05) is 41.9 Å². The van der Waals surface area contributed by atoms with Crippen molar-refractivity contribution in [2.75, 3.05) is 13.1 Å². The molecule has 188 valence electrons. The van der Waals surface area contributed by atoms with Crippen LogP contribution in [0.5, 0.6) is 0 Å². The van der Waals surface area contributed by atoms with E-state index in [1.54, 1.807) is 12.1 Å². The number of likely N-dealkylation sites (tertiary alicyclic amines) is 1. The molecule has 1 atom stereocenters. The number of aliphatic carboxylic acids is 1. The summed E-state index contributed by atoms with van der Waals surface area (Å²) in [7, 11) is 0. The molecule has 0 saturated carbocycles. The average molecular weight is 497 g/mol. The number of unbranched alkanes of at least 4 members (excludes halogenated alkanes) is 1. The molecule has 5 nitrogen and oxygen atoms in total. The van der Waals surface area contributed by atoms with Crippen molar-refractivity contribution in [3.05, 3.63) is 101 Å². The van der Waals surface area contributed by atoms with E-state index >= 15 is 0 Å². The smallest absolute Gasteiger partial charge is 0.303 e. The van der Waals surface area contributed by atoms with E-state index in [1.165, 1.54) is 12.1 Å². The molecule has 5 rings (SSSR count). The summed E-state index contributed by atoms with van der Waals surface area (Å²) < 4.78 is 13.3. The molecular formula is C31H29FN2O3. The van der Waals surface area contributed by atoms with Gasteiger partial charge in [-0.2, -0.15) is 0 Å². The lowest BCUT2D eigenvalue weighted by Gasteiger charge is -2.18. The predicted molar refractivity (Wildman–Crippen MR) is 142 cm³/mol. The molecule has 3 aromatic carbocycles. The lowest BCUT2D eigenvalue weighted by atomic mass is 9.98. The fourth-order valence-corrected chi connectivity index (χ4v) is 5.12. The molecule has 0 unspecified atom stereocenters. The van der Waals surface area contributed by atoms with E-state index in [4.69, 9.17) is 10.1 Å². The number of carboxylic acid groups (broad SMARTS) is 1. The van der Waals surface area contributed by atoms with Crippen molar-refractivity contribution in [2.45, 2.75) is 38.0 Å². The SMILES string of the molecule is O=C(O)CCCCc1cc2cc(C(=O)N3CC[C@@H](c4ccc(F)cc4)C3)ccc2nc1-c1ccccc1. The maximum Gasteiger partial charge on any atom is 0.303 e. The van der Waals surface area contributed by atoms with Crippen LogP contribution in [0.2, 0.25) is 0 Å². The van der Waals surface area contributed by atoms with Crippen LogP contribution in [0, 0.1) is 5.82 Å². The third-order valence-corrected chi connectivity index (χ3v) is 7.09. The van der Waals surface area contributed by atoms with Crippen molar-refractivity contribution in [1.82, 2.24) is 9.88 Å². The number of carboxylic acids is 1. The lowest BCUT2D eigenvalue weighted by Crippen LogP contribution is -2.28. The number of carbonyl (C=O) groups is 2. The quantitative estimate of drug-likeness (QED) is 0.284. The van der Waals surface area contributed by atoms with Crippen LogP contribution in [0.25, 0.3) is 22.2 Å². The van der Waals surface area contributed by atoms with E-state index in [9.17, 15) is 14.0 Å². The van der Waals surface area contributed by atoms with Crippen LogP contribution in [-0.4, -0.2) is 40.0 Å². The van der Waals surface area contributed by atoms with Gasteiger partial charge < -0.3 is 10.0 Å². The number of amides is 1. The fraction of sp³-hybridized carbons (Fsp3) is 0.258. The molecule has 2 heterocycles. The number of halogens is 1. The largest absolute Gasteiger partial charge is 0.481 e. The normalized spacial score (nSPS) is 15.3. The molecule has 1 aliphatic heterocycles. The first kappa shape index (κ1) is 24.6. The Balaban J connectivity index is 1.39. The zero-order valence-corrected chi connectivity index (χ0v) is 20.6. The molecule has 1 aromatic heterocycles. The second kappa shape index (κ2) is 10.9. The fourth-order valence-electron chi connectivity index (χ4n) is 5.12. The highest BCUT2D eigenvalue weighted by Gasteiger charge is 2.28. The zero-order chi connectivity index (χ0) is 25.8. The highest BCUT2D eigenvalue weighted by molar-refractivity contribution is 5.98. The number of aryl methyl sites for hydroxylation is 1. The maximum atomic E-state index is 13.4. The minimum atomic E-state index is -0.786. The number of hydrogen-bond acceptors (Lipinski definition) is 3. The molecule has 1 saturated heterocycles. The van der Waals surface area contributed by atoms with Gasteiger partial charge in [0.15, 0.2) is 0 Å². The molecule has 6 heteroatoms. The van der Waals surface area contributed by atoms with Gasteiger partial charge in [0.2, 0.25) is 0 Å². The van der Waals surface area contributed by atoms with E-state index in [1.807, 2.05) is 53.4 Å². The van der Waals surface area contributed by atoms with Gasteiger partial charge in [0.25, 0.3) is 5.91 Å². The summed E-state index contributed by atoms with van der Waals surface area (Å²) in [5, 5.41) is 9.88. The number of fused-ring (bicyclic) bond motifs is 1. The summed E-state index contributed by atoms with van der Waals surface area (Å²) in [5.41, 5.74) is 5.45. The average Bonchev–Trinajstić information content (AvgIpc) is 3.41. The third-order valence-electron chi connectivity index (χ3n) is 7.09. The van der Waals surface area contributed by atoms with E-state index in [-0.39, 0.29) is 24.1 Å². The van der Waals surface area contributed by atoms with Crippen molar-refractivity contribution < 1.29 is 19.1 Å². The van der Waals surface area contributed by atoms with E-state index in [0.717, 1.165) is 46.1 Å². The third kappa shape index (κ3) is 5.69. The summed E-state index contributed by atoms with van der Waals surface area (Å²) in [5.74, 6) is -0.845. The molecule has 37 heavy (non-hydrogen) atoms. The first-order valence-electron chi connectivity index (χ1n) is 12.7. The van der Waals surface area contributed by atoms with E-state index in [2.05, 4.69) is 6.07 Å². The maximum absolute atomic E-state index is 13.4. The Morgan fingerprint density at radius 1 is 0.973 bits per heavy atom. The van der Waals surface area contributed by atoms with Crippen LogP contribution in [0.15, 0.2) is 78.9 Å². The number of nitrogens with zero attached hydrogens (tertiary/aromatic N) is 2. The Bertz CT molecular complexity index is 1420. The molecule has 0 radical (unpaired) electrons. The van der Waals surface area contributed by atoms with Gasteiger partial charge in [-0.3, -0.25) is 9.59 Å². The van der Waals surface area contributed by atoms with Crippen molar-refractivity contribution in [2.24, 2.45) is 0 Å². The van der Waals surface area contributed by atoms with E-state index in [0.29, 0.717) is 31.5 Å². The molecule has 0 spiro atoms. The summed E-state index contributed by atoms with van der Waals surface area (Å²) in [6.07, 6.45) is 3.06. The van der Waals surface area contributed by atoms with Crippen molar-refractivity contribution >= 4 is 22.8 Å². The van der Waals surface area contributed by atoms with Gasteiger partial charge in [0.1, 0.15) is 5.82 Å². The Kier molecular flexibility index (Phi) is 7.26. The second-order valence-electron chi connectivity index (χ2n) is 9.66. The molecule has 4 aromatic rings. The van der Waals surface area contributed by atoms with Crippen LogP contribution < -0.4 is 0 Å². The van der Waals surface area contributed by atoms with Gasteiger partial charge in [-0.1, -0.05) is 42.5 Å². The minimum Gasteiger partial charge on any atom is -0.481 e. The molecular weight excluding hydrogens is 467 g/mol. The number of hydrogen-bond donors (Lipinski definition) is 1. The van der Waals surface area contributed by atoms with Crippen molar-refractivity contribution in [3.63, 3.8) is 0 Å². The molecule has 0 bridgehead atoms. The Labute approximate surface area is 215 Å². The summed E-state index contributed by atoms with van der Waals surface area (Å²) in [6, 6.07) is 24.3. The highest BCUT2D eigenvalue weighted by Crippen LogP contribution is 2.30. The molecule has 1 fully saturated rings. The Morgan fingerprint density at radius 2 is 1.76 bits per heavy atom. The second-order valence-corrected chi connectivity index (χ2v) is 9.66. The van der Waals surface area contributed by atoms with Crippen LogP contribution in [-0.2, 0) is 11.2 Å².